The first-order chi connectivity index (χ1) is 26.9. The number of hydrogen-bond donors (Lipinski definition) is 0. The molecule has 1 aliphatic rings. The van der Waals surface area contributed by atoms with Crippen LogP contribution in [0.4, 0.5) is 0 Å². The Morgan fingerprint density at radius 3 is 1.98 bits per heavy atom. The van der Waals surface area contributed by atoms with Crippen LogP contribution in [0.15, 0.2) is 78.6 Å². The van der Waals surface area contributed by atoms with Crippen molar-refractivity contribution < 1.29 is 24.9 Å². The molecule has 2 heterocycles. The van der Waals surface area contributed by atoms with Crippen LogP contribution in [0.3, 0.4) is 0 Å². The smallest absolute Gasteiger partial charge is 0.157 e. The van der Waals surface area contributed by atoms with Crippen LogP contribution in [-0.4, -0.2) is 16.8 Å². The number of carbonyl (C=O) groups is 1. The topological polar surface area (TPSA) is 44.1 Å². The van der Waals surface area contributed by atoms with Gasteiger partial charge in [-0.05, 0) is 94.0 Å². The molecule has 2 aromatic heterocycles. The number of nitrogens with zero attached hydrogens (tertiary/aromatic N) is 2. The second-order valence-corrected chi connectivity index (χ2v) is 20.1. The van der Waals surface area contributed by atoms with Crippen molar-refractivity contribution >= 4 is 58.8 Å². The molecule has 1 aliphatic carbocycles. The maximum atomic E-state index is 12.2. The van der Waals surface area contributed by atoms with Crippen LogP contribution in [0.25, 0.3) is 58.3 Å². The van der Waals surface area contributed by atoms with Gasteiger partial charge in [0, 0.05) is 58.1 Å². The molecular weight excluding hydrogens is 905 g/mol. The quantitative estimate of drug-likeness (QED) is 0.101. The maximum Gasteiger partial charge on any atom is 0.157 e. The molecule has 3 nitrogen and oxygen atoms in total. The summed E-state index contributed by atoms with van der Waals surface area (Å²) < 4.78 is 2.76. The Labute approximate surface area is 367 Å². The van der Waals surface area contributed by atoms with Gasteiger partial charge < -0.3 is 5.32 Å². The van der Waals surface area contributed by atoms with Gasteiger partial charge in [-0.2, -0.15) is 5.70 Å². The van der Waals surface area contributed by atoms with Crippen LogP contribution in [0.1, 0.15) is 145 Å². The molecule has 1 radical (unpaired) electrons. The van der Waals surface area contributed by atoms with Crippen LogP contribution in [0.2, 0.25) is 0 Å². The summed E-state index contributed by atoms with van der Waals surface area (Å²) in [5.74, 6) is 0.841. The molecule has 6 aromatic rings. The van der Waals surface area contributed by atoms with Crippen molar-refractivity contribution in [3.8, 4) is 11.3 Å². The SMILES string of the molecule is CC(C)(C)c1cc(-c2nccc3c2ccc2c4cc5c(cc4sc32)C(C)(C)CCC5(C)C)[c-]c2ccccc12.CCC(CC)C(=O)/C=C(\[N-]C(C)C)C(CC)CC.[Ir]. The molecule has 7 rings (SSSR count). The first-order valence-electron chi connectivity index (χ1n) is 21.6. The number of benzene rings is 4. The Kier molecular flexibility index (Phi) is 14.3. The van der Waals surface area contributed by atoms with E-state index < -0.39 is 0 Å². The van der Waals surface area contributed by atoms with E-state index in [2.05, 4.69) is 162 Å². The van der Waals surface area contributed by atoms with E-state index in [4.69, 9.17) is 4.98 Å². The molecule has 0 N–H and O–H groups in total. The first-order valence-corrected chi connectivity index (χ1v) is 22.5. The van der Waals surface area contributed by atoms with Crippen molar-refractivity contribution in [2.24, 2.45) is 11.8 Å². The molecule has 0 saturated heterocycles. The summed E-state index contributed by atoms with van der Waals surface area (Å²) in [6, 6.07) is 26.8. The molecule has 58 heavy (non-hydrogen) atoms. The Morgan fingerprint density at radius 2 is 1.38 bits per heavy atom. The van der Waals surface area contributed by atoms with Gasteiger partial charge in [-0.25, -0.2) is 0 Å². The van der Waals surface area contributed by atoms with Gasteiger partial charge in [0.05, 0.1) is 0 Å². The van der Waals surface area contributed by atoms with Crippen molar-refractivity contribution in [1.29, 1.82) is 0 Å². The minimum Gasteiger partial charge on any atom is -0.685 e. The van der Waals surface area contributed by atoms with E-state index in [9.17, 15) is 4.79 Å². The molecule has 0 unspecified atom stereocenters. The van der Waals surface area contributed by atoms with Gasteiger partial charge >= 0.3 is 0 Å². The summed E-state index contributed by atoms with van der Waals surface area (Å²) in [5.41, 5.74) is 7.94. The van der Waals surface area contributed by atoms with Crippen molar-refractivity contribution in [3.05, 3.63) is 107 Å². The zero-order valence-corrected chi connectivity index (χ0v) is 40.7. The number of allylic oxidation sites excluding steroid dienone is 2. The van der Waals surface area contributed by atoms with Gasteiger partial charge in [0.15, 0.2) is 5.78 Å². The second-order valence-electron chi connectivity index (χ2n) is 19.1. The molecule has 0 aliphatic heterocycles. The molecule has 4 aromatic carbocycles. The van der Waals surface area contributed by atoms with E-state index >= 15 is 0 Å². The maximum absolute atomic E-state index is 12.2. The zero-order valence-electron chi connectivity index (χ0n) is 37.4. The largest absolute Gasteiger partial charge is 0.685 e. The van der Waals surface area contributed by atoms with Crippen LogP contribution < -0.4 is 0 Å². The monoisotopic (exact) mass is 971 g/mol. The summed E-state index contributed by atoms with van der Waals surface area (Å²) in [7, 11) is 0. The second kappa shape index (κ2) is 18.1. The average molecular weight is 971 g/mol. The number of thiophene rings is 1. The fourth-order valence-corrected chi connectivity index (χ4v) is 10.2. The van der Waals surface area contributed by atoms with E-state index in [0.29, 0.717) is 5.92 Å². The fourth-order valence-electron chi connectivity index (χ4n) is 8.96. The van der Waals surface area contributed by atoms with Crippen LogP contribution in [0, 0.1) is 17.9 Å². The number of rotatable bonds is 10. The van der Waals surface area contributed by atoms with Crippen LogP contribution in [-0.2, 0) is 41.1 Å². The number of aromatic nitrogens is 1. The van der Waals surface area contributed by atoms with Gasteiger partial charge in [0.2, 0.25) is 0 Å². The molecule has 0 saturated carbocycles. The predicted molar refractivity (Wildman–Crippen MR) is 250 cm³/mol. The van der Waals surface area contributed by atoms with E-state index in [1.165, 1.54) is 65.9 Å². The minimum atomic E-state index is 0. The normalized spacial score (nSPS) is 15.2. The van der Waals surface area contributed by atoms with Gasteiger partial charge in [-0.15, -0.1) is 46.5 Å². The Bertz CT molecular complexity index is 2430. The molecule has 0 spiro atoms. The number of hydrogen-bond acceptors (Lipinski definition) is 3. The van der Waals surface area contributed by atoms with E-state index in [0.717, 1.165) is 48.0 Å². The zero-order chi connectivity index (χ0) is 41.4. The summed E-state index contributed by atoms with van der Waals surface area (Å²) in [5, 5.41) is 12.3. The molecule has 5 heteroatoms. The molecular formula is C53H66IrN2OS-2. The third-order valence-electron chi connectivity index (χ3n) is 12.7. The summed E-state index contributed by atoms with van der Waals surface area (Å²) in [6.07, 6.45) is 10.2. The summed E-state index contributed by atoms with van der Waals surface area (Å²) in [4.78, 5) is 17.1. The molecule has 311 valence electrons. The third-order valence-corrected chi connectivity index (χ3v) is 13.9. The van der Waals surface area contributed by atoms with Crippen molar-refractivity contribution in [2.45, 2.75) is 151 Å². The Morgan fingerprint density at radius 1 is 0.793 bits per heavy atom. The first kappa shape index (κ1) is 45.7. The van der Waals surface area contributed by atoms with Gasteiger partial charge in [0.1, 0.15) is 0 Å². The minimum absolute atomic E-state index is 0. The number of pyridine rings is 1. The number of carbonyl (C=O) groups excluding carboxylic acids is 1. The summed E-state index contributed by atoms with van der Waals surface area (Å²) in [6.45, 7) is 29.2. The molecule has 0 bridgehead atoms. The van der Waals surface area contributed by atoms with Crippen LogP contribution >= 0.6 is 11.3 Å². The fraction of sp³-hybridized carbons (Fsp3) is 0.472. The molecule has 0 amide bonds. The van der Waals surface area contributed by atoms with E-state index in [1.807, 2.05) is 23.6 Å². The molecule has 0 fully saturated rings. The Balaban J connectivity index is 0.000000289. The van der Waals surface area contributed by atoms with Crippen molar-refractivity contribution in [2.75, 3.05) is 0 Å². The van der Waals surface area contributed by atoms with E-state index in [-0.39, 0.29) is 54.1 Å². The Hall–Kier alpha value is -3.37. The standard InChI is InChI=1S/C37H36NS.C16H31NO.Ir/c1-35(2,3)29-19-23(18-22-10-8-9-11-24(22)29)33-25-12-13-26-28-20-30-31(37(6,7)16-15-36(30,4)5)21-32(28)39-34(26)27(25)14-17-38-33;1-7-13(8-2)15(17-12(5)6)11-16(18)14(9-3)10-4;/h8-14,17,19-21H,15-16H2,1-7H3;11-14H,7-10H2,1-6H3,(H,17,18);/q-1;;/p-1. The number of fused-ring (bicyclic) bond motifs is 7. The van der Waals surface area contributed by atoms with E-state index in [1.54, 1.807) is 0 Å². The molecule has 0 atom stereocenters. The predicted octanol–water partition coefficient (Wildman–Crippen LogP) is 16.0. The van der Waals surface area contributed by atoms with Gasteiger partial charge in [-0.1, -0.05) is 144 Å². The third kappa shape index (κ3) is 9.18. The van der Waals surface area contributed by atoms with Crippen LogP contribution in [0.5, 0.6) is 0 Å². The van der Waals surface area contributed by atoms with Crippen molar-refractivity contribution in [1.82, 2.24) is 4.98 Å². The van der Waals surface area contributed by atoms with Gasteiger partial charge in [0.25, 0.3) is 0 Å². The van der Waals surface area contributed by atoms with Gasteiger partial charge in [-0.3, -0.25) is 9.78 Å². The average Bonchev–Trinajstić information content (AvgIpc) is 3.54. The summed E-state index contributed by atoms with van der Waals surface area (Å²) >= 11 is 1.94. The van der Waals surface area contributed by atoms with Crippen molar-refractivity contribution in [3.63, 3.8) is 0 Å². The number of ketones is 1.